The Balaban J connectivity index is 1.74. The van der Waals surface area contributed by atoms with E-state index >= 15 is 0 Å². The van der Waals surface area contributed by atoms with E-state index in [4.69, 9.17) is 14.2 Å². The zero-order valence-electron chi connectivity index (χ0n) is 21.4. The van der Waals surface area contributed by atoms with E-state index in [-0.39, 0.29) is 0 Å². The van der Waals surface area contributed by atoms with Crippen LogP contribution in [0.15, 0.2) is 0 Å². The third-order valence-corrected chi connectivity index (χ3v) is 6.61. The molecule has 1 fully saturated rings. The molecule has 3 nitrogen and oxygen atoms in total. The minimum atomic E-state index is 0.292. The molecule has 1 aliphatic heterocycles. The van der Waals surface area contributed by atoms with Crippen LogP contribution < -0.4 is 0 Å². The average Bonchev–Trinajstić information content (AvgIpc) is 3.23. The molecular weight excluding hydrogens is 384 g/mol. The van der Waals surface area contributed by atoms with Crippen molar-refractivity contribution < 1.29 is 14.2 Å². The summed E-state index contributed by atoms with van der Waals surface area (Å²) >= 11 is 0. The zero-order chi connectivity index (χ0) is 22.2. The summed E-state index contributed by atoms with van der Waals surface area (Å²) in [5.74, 6) is 0.570. The molecule has 0 amide bonds. The monoisotopic (exact) mass is 440 g/mol. The van der Waals surface area contributed by atoms with Gasteiger partial charge in [0.15, 0.2) is 0 Å². The lowest BCUT2D eigenvalue weighted by atomic mass is 10.0. The highest BCUT2D eigenvalue weighted by molar-refractivity contribution is 4.73. The molecule has 2 unspecified atom stereocenters. The highest BCUT2D eigenvalue weighted by atomic mass is 16.5. The first kappa shape index (κ1) is 28.9. The first-order valence-electron chi connectivity index (χ1n) is 14.1. The Bertz CT molecular complexity index is 347. The van der Waals surface area contributed by atoms with Crippen LogP contribution in [0.2, 0.25) is 0 Å². The Labute approximate surface area is 195 Å². The molecule has 0 aliphatic carbocycles. The molecule has 1 aliphatic rings. The Kier molecular flexibility index (Phi) is 21.5. The van der Waals surface area contributed by atoms with Gasteiger partial charge in [0.2, 0.25) is 0 Å². The predicted octanol–water partition coefficient (Wildman–Crippen LogP) is 8.49. The summed E-state index contributed by atoms with van der Waals surface area (Å²) in [7, 11) is 0. The van der Waals surface area contributed by atoms with Gasteiger partial charge in [-0.25, -0.2) is 0 Å². The van der Waals surface area contributed by atoms with E-state index in [1.807, 2.05) is 0 Å². The van der Waals surface area contributed by atoms with E-state index in [0.717, 1.165) is 39.5 Å². The Morgan fingerprint density at radius 1 is 0.548 bits per heavy atom. The minimum absolute atomic E-state index is 0.292. The molecule has 3 heteroatoms. The Hall–Kier alpha value is -0.120. The molecule has 2 atom stereocenters. The second-order valence-corrected chi connectivity index (χ2v) is 9.86. The molecule has 1 heterocycles. The molecule has 0 spiro atoms. The molecule has 0 N–H and O–H groups in total. The largest absolute Gasteiger partial charge is 0.381 e. The van der Waals surface area contributed by atoms with Gasteiger partial charge in [-0.2, -0.15) is 0 Å². The molecule has 0 bridgehead atoms. The van der Waals surface area contributed by atoms with Crippen LogP contribution in [0.25, 0.3) is 0 Å². The van der Waals surface area contributed by atoms with Gasteiger partial charge >= 0.3 is 0 Å². The Morgan fingerprint density at radius 2 is 0.968 bits per heavy atom. The van der Waals surface area contributed by atoms with E-state index in [2.05, 4.69) is 13.8 Å². The molecule has 0 radical (unpaired) electrons. The van der Waals surface area contributed by atoms with Crippen LogP contribution >= 0.6 is 0 Å². The van der Waals surface area contributed by atoms with Crippen molar-refractivity contribution in [3.8, 4) is 0 Å². The molecule has 1 rings (SSSR count). The number of hydrogen-bond acceptors (Lipinski definition) is 3. The van der Waals surface area contributed by atoms with Gasteiger partial charge in [0.25, 0.3) is 0 Å². The van der Waals surface area contributed by atoms with Gasteiger partial charge in [0, 0.05) is 19.1 Å². The lowest BCUT2D eigenvalue weighted by Gasteiger charge is -2.11. The van der Waals surface area contributed by atoms with Crippen molar-refractivity contribution in [1.29, 1.82) is 0 Å². The van der Waals surface area contributed by atoms with Gasteiger partial charge in [0.05, 0.1) is 25.9 Å². The normalized spacial score (nSPS) is 18.8. The summed E-state index contributed by atoms with van der Waals surface area (Å²) in [6, 6.07) is 0. The highest BCUT2D eigenvalue weighted by Crippen LogP contribution is 2.20. The molecule has 0 aromatic carbocycles. The first-order chi connectivity index (χ1) is 15.4. The summed E-state index contributed by atoms with van der Waals surface area (Å²) in [5, 5.41) is 0. The third-order valence-electron chi connectivity index (χ3n) is 6.61. The fraction of sp³-hybridized carbons (Fsp3) is 1.00. The third kappa shape index (κ3) is 19.1. The van der Waals surface area contributed by atoms with Crippen LogP contribution in [0.5, 0.6) is 0 Å². The van der Waals surface area contributed by atoms with Gasteiger partial charge in [-0.05, 0) is 19.3 Å². The van der Waals surface area contributed by atoms with Crippen LogP contribution in [0, 0.1) is 5.92 Å². The molecule has 186 valence electrons. The van der Waals surface area contributed by atoms with Crippen molar-refractivity contribution in [3.63, 3.8) is 0 Å². The van der Waals surface area contributed by atoms with Crippen LogP contribution in [-0.2, 0) is 14.2 Å². The summed E-state index contributed by atoms with van der Waals surface area (Å²) in [4.78, 5) is 0. The maximum absolute atomic E-state index is 5.88. The van der Waals surface area contributed by atoms with Crippen molar-refractivity contribution >= 4 is 0 Å². The number of hydrogen-bond donors (Lipinski definition) is 0. The zero-order valence-corrected chi connectivity index (χ0v) is 21.4. The van der Waals surface area contributed by atoms with E-state index in [9.17, 15) is 0 Å². The fourth-order valence-corrected chi connectivity index (χ4v) is 4.51. The fourth-order valence-electron chi connectivity index (χ4n) is 4.51. The molecule has 0 aromatic heterocycles. The molecule has 1 saturated heterocycles. The van der Waals surface area contributed by atoms with Crippen molar-refractivity contribution in [2.45, 2.75) is 142 Å². The van der Waals surface area contributed by atoms with Crippen LogP contribution in [0.4, 0.5) is 0 Å². The smallest absolute Gasteiger partial charge is 0.0813 e. The quantitative estimate of drug-likeness (QED) is 0.141. The second-order valence-electron chi connectivity index (χ2n) is 9.86. The molecular formula is C28H56O3. The van der Waals surface area contributed by atoms with Gasteiger partial charge in [-0.1, -0.05) is 117 Å². The standard InChI is InChI=1S/C28H56O3/c1-3-5-7-9-10-11-12-13-14-15-16-17-18-20-22-30-26-28-23-27(25-31-28)24-29-21-19-8-6-4-2/h27-28H,3-26H2,1-2H3. The lowest BCUT2D eigenvalue weighted by Crippen LogP contribution is -2.15. The molecule has 0 aromatic rings. The van der Waals surface area contributed by atoms with Crippen molar-refractivity contribution in [2.24, 2.45) is 5.92 Å². The SMILES string of the molecule is CCCCCCCCCCCCCCCCOCC1CC(COCCCCCC)CO1. The van der Waals surface area contributed by atoms with Gasteiger partial charge in [-0.3, -0.25) is 0 Å². The van der Waals surface area contributed by atoms with Crippen molar-refractivity contribution in [3.05, 3.63) is 0 Å². The van der Waals surface area contributed by atoms with Gasteiger partial charge in [0.1, 0.15) is 0 Å². The predicted molar refractivity (Wildman–Crippen MR) is 134 cm³/mol. The highest BCUT2D eigenvalue weighted by Gasteiger charge is 2.25. The number of rotatable bonds is 24. The average molecular weight is 441 g/mol. The minimum Gasteiger partial charge on any atom is -0.381 e. The van der Waals surface area contributed by atoms with Gasteiger partial charge < -0.3 is 14.2 Å². The van der Waals surface area contributed by atoms with Crippen LogP contribution in [0.3, 0.4) is 0 Å². The molecule has 31 heavy (non-hydrogen) atoms. The Morgan fingerprint density at radius 3 is 1.48 bits per heavy atom. The maximum atomic E-state index is 5.88. The van der Waals surface area contributed by atoms with Gasteiger partial charge in [-0.15, -0.1) is 0 Å². The second kappa shape index (κ2) is 23.1. The summed E-state index contributed by atoms with van der Waals surface area (Å²) in [6.45, 7) is 8.83. The van der Waals surface area contributed by atoms with Crippen LogP contribution in [0.1, 0.15) is 136 Å². The summed E-state index contributed by atoms with van der Waals surface area (Å²) < 4.78 is 17.6. The van der Waals surface area contributed by atoms with Crippen LogP contribution in [-0.4, -0.2) is 39.1 Å². The lowest BCUT2D eigenvalue weighted by molar-refractivity contribution is 0.0141. The maximum Gasteiger partial charge on any atom is 0.0813 e. The summed E-state index contributed by atoms with van der Waals surface area (Å²) in [5.41, 5.74) is 0. The van der Waals surface area contributed by atoms with Crippen molar-refractivity contribution in [1.82, 2.24) is 0 Å². The van der Waals surface area contributed by atoms with E-state index in [0.29, 0.717) is 12.0 Å². The van der Waals surface area contributed by atoms with E-state index < -0.39 is 0 Å². The first-order valence-corrected chi connectivity index (χ1v) is 14.1. The van der Waals surface area contributed by atoms with Crippen molar-refractivity contribution in [2.75, 3.05) is 33.0 Å². The van der Waals surface area contributed by atoms with E-state index in [1.165, 1.54) is 116 Å². The summed E-state index contributed by atoms with van der Waals surface area (Å²) in [6.07, 6.45) is 26.2. The number of ether oxygens (including phenoxy) is 3. The van der Waals surface area contributed by atoms with E-state index in [1.54, 1.807) is 0 Å². The topological polar surface area (TPSA) is 27.7 Å². The molecule has 0 saturated carbocycles. The number of unbranched alkanes of at least 4 members (excludes halogenated alkanes) is 16.